The van der Waals surface area contributed by atoms with Crippen LogP contribution in [0.2, 0.25) is 0 Å². The molecule has 0 aliphatic carbocycles. The molecule has 24 heavy (non-hydrogen) atoms. The van der Waals surface area contributed by atoms with Crippen LogP contribution >= 0.6 is 0 Å². The third kappa shape index (κ3) is 15.4. The lowest BCUT2D eigenvalue weighted by Gasteiger charge is -2.19. The minimum absolute atomic E-state index is 0.535. The first-order valence-corrected chi connectivity index (χ1v) is 10.4. The van der Waals surface area contributed by atoms with Crippen molar-refractivity contribution in [2.24, 2.45) is 5.73 Å². The maximum atomic E-state index is 9.39. The minimum atomic E-state index is -1.73. The van der Waals surface area contributed by atoms with E-state index in [4.69, 9.17) is 15.9 Å². The van der Waals surface area contributed by atoms with E-state index in [0.717, 1.165) is 12.8 Å². The fourth-order valence-electron chi connectivity index (χ4n) is 3.14. The van der Waals surface area contributed by atoms with E-state index in [1.807, 2.05) is 0 Å². The van der Waals surface area contributed by atoms with Gasteiger partial charge in [-0.2, -0.15) is 0 Å². The van der Waals surface area contributed by atoms with Gasteiger partial charge in [0.1, 0.15) is 6.10 Å². The highest BCUT2D eigenvalue weighted by Gasteiger charge is 2.20. The van der Waals surface area contributed by atoms with Gasteiger partial charge in [0.15, 0.2) is 6.29 Å². The lowest BCUT2D eigenvalue weighted by Crippen LogP contribution is -2.42. The van der Waals surface area contributed by atoms with Crippen molar-refractivity contribution >= 4 is 0 Å². The van der Waals surface area contributed by atoms with Crippen LogP contribution in [0.1, 0.15) is 110 Å². The smallest absolute Gasteiger partial charge is 0.179 e. The summed E-state index contributed by atoms with van der Waals surface area (Å²) < 4.78 is 0. The monoisotopic (exact) mass is 345 g/mol. The molecule has 0 bridgehead atoms. The van der Waals surface area contributed by atoms with Crippen molar-refractivity contribution in [2.45, 2.75) is 128 Å². The molecule has 4 heteroatoms. The summed E-state index contributed by atoms with van der Waals surface area (Å²) in [6.07, 6.45) is 17.5. The van der Waals surface area contributed by atoms with Gasteiger partial charge in [0, 0.05) is 6.04 Å². The zero-order valence-electron chi connectivity index (χ0n) is 16.0. The van der Waals surface area contributed by atoms with Crippen LogP contribution in [0.25, 0.3) is 0 Å². The van der Waals surface area contributed by atoms with Crippen molar-refractivity contribution in [1.82, 2.24) is 0 Å². The Kier molecular flexibility index (Phi) is 17.5. The highest BCUT2D eigenvalue weighted by atomic mass is 16.5. The molecule has 0 spiro atoms. The van der Waals surface area contributed by atoms with Gasteiger partial charge in [0.05, 0.1) is 0 Å². The van der Waals surface area contributed by atoms with Crippen molar-refractivity contribution < 1.29 is 15.3 Å². The zero-order chi connectivity index (χ0) is 18.0. The number of aliphatic hydroxyl groups excluding tert-OH is 2. The molecule has 0 aromatic heterocycles. The average molecular weight is 346 g/mol. The predicted molar refractivity (Wildman–Crippen MR) is 102 cm³/mol. The van der Waals surface area contributed by atoms with E-state index < -0.39 is 18.4 Å². The van der Waals surface area contributed by atoms with Gasteiger partial charge in [0.2, 0.25) is 0 Å². The Morgan fingerprint density at radius 3 is 1.25 bits per heavy atom. The fourth-order valence-corrected chi connectivity index (χ4v) is 3.14. The summed E-state index contributed by atoms with van der Waals surface area (Å²) in [5.74, 6) is 0. The second-order valence-electron chi connectivity index (χ2n) is 7.31. The Balaban J connectivity index is 3.15. The molecule has 0 heterocycles. The SMILES string of the molecule is CCCCCCCCCCCCCCCCCC(N)C(O)C(O)O. The second kappa shape index (κ2) is 17.7. The Bertz CT molecular complexity index is 249. The van der Waals surface area contributed by atoms with Crippen LogP contribution in [0.15, 0.2) is 0 Å². The van der Waals surface area contributed by atoms with Gasteiger partial charge in [0.25, 0.3) is 0 Å². The van der Waals surface area contributed by atoms with Crippen LogP contribution in [0, 0.1) is 0 Å². The largest absolute Gasteiger partial charge is 0.386 e. The maximum absolute atomic E-state index is 9.39. The standard InChI is InChI=1S/C20H43NO3/c1-2-3-4-5-6-7-8-9-10-11-12-13-14-15-16-17-18(21)19(22)20(23)24/h18-20,22-24H,2-17,21H2,1H3. The molecule has 0 aromatic rings. The Morgan fingerprint density at radius 1 is 0.583 bits per heavy atom. The van der Waals surface area contributed by atoms with E-state index in [-0.39, 0.29) is 0 Å². The molecule has 2 unspecified atom stereocenters. The van der Waals surface area contributed by atoms with Gasteiger partial charge in [-0.05, 0) is 6.42 Å². The minimum Gasteiger partial charge on any atom is -0.386 e. The lowest BCUT2D eigenvalue weighted by molar-refractivity contribution is -0.129. The number of rotatable bonds is 18. The Labute approximate surface area is 149 Å². The third-order valence-corrected chi connectivity index (χ3v) is 4.89. The highest BCUT2D eigenvalue weighted by molar-refractivity contribution is 4.72. The number of unbranched alkanes of at least 4 members (excludes halogenated alkanes) is 14. The Hall–Kier alpha value is -0.160. The maximum Gasteiger partial charge on any atom is 0.179 e. The third-order valence-electron chi connectivity index (χ3n) is 4.89. The van der Waals surface area contributed by atoms with E-state index >= 15 is 0 Å². The molecule has 0 aromatic carbocycles. The summed E-state index contributed by atoms with van der Waals surface area (Å²) in [4.78, 5) is 0. The number of hydrogen-bond acceptors (Lipinski definition) is 4. The molecule has 4 nitrogen and oxygen atoms in total. The summed E-state index contributed by atoms with van der Waals surface area (Å²) in [5.41, 5.74) is 5.70. The molecule has 0 aliphatic rings. The first-order chi connectivity index (χ1) is 11.6. The quantitative estimate of drug-likeness (QED) is 0.221. The Morgan fingerprint density at radius 2 is 0.917 bits per heavy atom. The molecule has 0 rings (SSSR count). The van der Waals surface area contributed by atoms with Gasteiger partial charge in [-0.15, -0.1) is 0 Å². The van der Waals surface area contributed by atoms with Crippen LogP contribution in [-0.2, 0) is 0 Å². The molecule has 0 aliphatic heterocycles. The van der Waals surface area contributed by atoms with Crippen molar-refractivity contribution in [2.75, 3.05) is 0 Å². The van der Waals surface area contributed by atoms with E-state index in [1.165, 1.54) is 83.5 Å². The van der Waals surface area contributed by atoms with Crippen LogP contribution < -0.4 is 5.73 Å². The highest BCUT2D eigenvalue weighted by Crippen LogP contribution is 2.14. The van der Waals surface area contributed by atoms with Crippen LogP contribution in [0.3, 0.4) is 0 Å². The average Bonchev–Trinajstić information content (AvgIpc) is 2.57. The van der Waals surface area contributed by atoms with Crippen molar-refractivity contribution in [3.8, 4) is 0 Å². The van der Waals surface area contributed by atoms with Crippen LogP contribution in [-0.4, -0.2) is 33.8 Å². The van der Waals surface area contributed by atoms with Crippen molar-refractivity contribution in [1.29, 1.82) is 0 Å². The summed E-state index contributed by atoms with van der Waals surface area (Å²) >= 11 is 0. The van der Waals surface area contributed by atoms with Crippen molar-refractivity contribution in [3.05, 3.63) is 0 Å². The molecule has 0 amide bonds. The van der Waals surface area contributed by atoms with E-state index in [0.29, 0.717) is 6.42 Å². The molecule has 0 radical (unpaired) electrons. The van der Waals surface area contributed by atoms with Crippen LogP contribution in [0.4, 0.5) is 0 Å². The summed E-state index contributed by atoms with van der Waals surface area (Å²) in [6.45, 7) is 2.27. The van der Waals surface area contributed by atoms with Crippen molar-refractivity contribution in [3.63, 3.8) is 0 Å². The molecule has 5 N–H and O–H groups in total. The van der Waals surface area contributed by atoms with Gasteiger partial charge < -0.3 is 21.1 Å². The lowest BCUT2D eigenvalue weighted by atomic mass is 10.0. The topological polar surface area (TPSA) is 86.7 Å². The fraction of sp³-hybridized carbons (Fsp3) is 1.00. The molecular formula is C20H43NO3. The molecule has 0 saturated carbocycles. The second-order valence-corrected chi connectivity index (χ2v) is 7.31. The van der Waals surface area contributed by atoms with Gasteiger partial charge >= 0.3 is 0 Å². The number of aliphatic hydroxyl groups is 3. The summed E-state index contributed by atoms with van der Waals surface area (Å²) in [7, 11) is 0. The molecule has 146 valence electrons. The molecular weight excluding hydrogens is 302 g/mol. The van der Waals surface area contributed by atoms with Crippen LogP contribution in [0.5, 0.6) is 0 Å². The van der Waals surface area contributed by atoms with E-state index in [9.17, 15) is 5.11 Å². The summed E-state index contributed by atoms with van der Waals surface area (Å²) in [5, 5.41) is 27.1. The van der Waals surface area contributed by atoms with E-state index in [2.05, 4.69) is 6.92 Å². The first kappa shape index (κ1) is 23.8. The summed E-state index contributed by atoms with van der Waals surface area (Å²) in [6, 6.07) is -0.535. The van der Waals surface area contributed by atoms with E-state index in [1.54, 1.807) is 0 Å². The number of hydrogen-bond donors (Lipinski definition) is 4. The van der Waals surface area contributed by atoms with Gasteiger partial charge in [-0.1, -0.05) is 103 Å². The molecule has 2 atom stereocenters. The normalized spacial score (nSPS) is 14.2. The number of nitrogens with two attached hydrogens (primary N) is 1. The predicted octanol–water partition coefficient (Wildman–Crippen LogP) is 4.25. The molecule has 0 fully saturated rings. The zero-order valence-corrected chi connectivity index (χ0v) is 16.0. The molecule has 0 saturated heterocycles. The van der Waals surface area contributed by atoms with Gasteiger partial charge in [-0.3, -0.25) is 0 Å². The van der Waals surface area contributed by atoms with Gasteiger partial charge in [-0.25, -0.2) is 0 Å². The first-order valence-electron chi connectivity index (χ1n) is 10.4.